The summed E-state index contributed by atoms with van der Waals surface area (Å²) in [5.74, 6) is 1.41. The van der Waals surface area contributed by atoms with Gasteiger partial charge in [-0.1, -0.05) is 0 Å². The SMILES string of the molecule is COc1ccc(OC)c(C2(O)CCCC(N)C2)c1. The predicted octanol–water partition coefficient (Wildman–Crippen LogP) is 1.79. The Balaban J connectivity index is 2.40. The molecule has 0 aromatic heterocycles. The van der Waals surface area contributed by atoms with Crippen molar-refractivity contribution in [2.45, 2.75) is 37.3 Å². The predicted molar refractivity (Wildman–Crippen MR) is 69.9 cm³/mol. The van der Waals surface area contributed by atoms with Gasteiger partial charge in [-0.2, -0.15) is 0 Å². The second kappa shape index (κ2) is 5.16. The van der Waals surface area contributed by atoms with Crippen LogP contribution in [0.3, 0.4) is 0 Å². The summed E-state index contributed by atoms with van der Waals surface area (Å²) in [5.41, 5.74) is 5.85. The molecule has 1 fully saturated rings. The molecule has 1 saturated carbocycles. The summed E-state index contributed by atoms with van der Waals surface area (Å²) in [5, 5.41) is 10.8. The number of hydrogen-bond donors (Lipinski definition) is 2. The number of aliphatic hydroxyl groups is 1. The van der Waals surface area contributed by atoms with E-state index in [1.54, 1.807) is 14.2 Å². The summed E-state index contributed by atoms with van der Waals surface area (Å²) in [7, 11) is 3.22. The zero-order chi connectivity index (χ0) is 13.2. The Morgan fingerprint density at radius 1 is 1.33 bits per heavy atom. The number of hydrogen-bond acceptors (Lipinski definition) is 4. The highest BCUT2D eigenvalue weighted by Gasteiger charge is 2.37. The van der Waals surface area contributed by atoms with Gasteiger partial charge >= 0.3 is 0 Å². The largest absolute Gasteiger partial charge is 0.497 e. The Bertz CT molecular complexity index is 422. The Labute approximate surface area is 108 Å². The Morgan fingerprint density at radius 3 is 2.72 bits per heavy atom. The van der Waals surface area contributed by atoms with Crippen molar-refractivity contribution in [3.63, 3.8) is 0 Å². The summed E-state index contributed by atoms with van der Waals surface area (Å²) in [6.45, 7) is 0. The number of benzene rings is 1. The Morgan fingerprint density at radius 2 is 2.11 bits per heavy atom. The van der Waals surface area contributed by atoms with Crippen molar-refractivity contribution in [2.75, 3.05) is 14.2 Å². The van der Waals surface area contributed by atoms with E-state index in [2.05, 4.69) is 0 Å². The van der Waals surface area contributed by atoms with Gasteiger partial charge in [-0.05, 0) is 43.9 Å². The highest BCUT2D eigenvalue weighted by atomic mass is 16.5. The fourth-order valence-electron chi connectivity index (χ4n) is 2.72. The van der Waals surface area contributed by atoms with Gasteiger partial charge in [0.25, 0.3) is 0 Å². The van der Waals surface area contributed by atoms with Gasteiger partial charge in [-0.3, -0.25) is 0 Å². The summed E-state index contributed by atoms with van der Waals surface area (Å²) in [4.78, 5) is 0. The zero-order valence-corrected chi connectivity index (χ0v) is 11.0. The molecule has 2 atom stereocenters. The maximum Gasteiger partial charge on any atom is 0.125 e. The van der Waals surface area contributed by atoms with Gasteiger partial charge in [0.2, 0.25) is 0 Å². The van der Waals surface area contributed by atoms with E-state index in [9.17, 15) is 5.11 Å². The Hall–Kier alpha value is -1.26. The van der Waals surface area contributed by atoms with Crippen LogP contribution < -0.4 is 15.2 Å². The highest BCUT2D eigenvalue weighted by molar-refractivity contribution is 5.44. The van der Waals surface area contributed by atoms with E-state index in [1.807, 2.05) is 18.2 Å². The minimum absolute atomic E-state index is 0.0413. The molecule has 18 heavy (non-hydrogen) atoms. The first-order chi connectivity index (χ1) is 8.59. The Kier molecular flexibility index (Phi) is 3.78. The lowest BCUT2D eigenvalue weighted by Gasteiger charge is -2.36. The lowest BCUT2D eigenvalue weighted by Crippen LogP contribution is -2.39. The van der Waals surface area contributed by atoms with E-state index in [0.717, 1.165) is 24.2 Å². The lowest BCUT2D eigenvalue weighted by molar-refractivity contribution is -0.00917. The quantitative estimate of drug-likeness (QED) is 0.859. The first-order valence-electron chi connectivity index (χ1n) is 6.29. The van der Waals surface area contributed by atoms with Crippen LogP contribution in [0, 0.1) is 0 Å². The maximum atomic E-state index is 10.8. The van der Waals surface area contributed by atoms with Crippen LogP contribution in [0.25, 0.3) is 0 Å². The van der Waals surface area contributed by atoms with Crippen LogP contribution in [0.2, 0.25) is 0 Å². The molecule has 1 aromatic carbocycles. The van der Waals surface area contributed by atoms with Crippen LogP contribution >= 0.6 is 0 Å². The average molecular weight is 251 g/mol. The second-order valence-electron chi connectivity index (χ2n) is 4.95. The summed E-state index contributed by atoms with van der Waals surface area (Å²) < 4.78 is 10.6. The standard InChI is InChI=1S/C14H21NO3/c1-17-11-5-6-13(18-2)12(8-11)14(16)7-3-4-10(15)9-14/h5-6,8,10,16H,3-4,7,9,15H2,1-2H3. The van der Waals surface area contributed by atoms with E-state index in [0.29, 0.717) is 18.6 Å². The van der Waals surface area contributed by atoms with Gasteiger partial charge in [-0.25, -0.2) is 0 Å². The number of methoxy groups -OCH3 is 2. The molecule has 1 aromatic rings. The van der Waals surface area contributed by atoms with Crippen molar-refractivity contribution in [3.05, 3.63) is 23.8 Å². The third-order valence-electron chi connectivity index (χ3n) is 3.67. The molecule has 4 nitrogen and oxygen atoms in total. The molecule has 3 N–H and O–H groups in total. The maximum absolute atomic E-state index is 10.8. The second-order valence-corrected chi connectivity index (χ2v) is 4.95. The van der Waals surface area contributed by atoms with Gasteiger partial charge in [0.15, 0.2) is 0 Å². The van der Waals surface area contributed by atoms with Gasteiger partial charge in [0.05, 0.1) is 19.8 Å². The topological polar surface area (TPSA) is 64.7 Å². The molecule has 2 rings (SSSR count). The summed E-state index contributed by atoms with van der Waals surface area (Å²) in [6.07, 6.45) is 3.17. The minimum Gasteiger partial charge on any atom is -0.497 e. The van der Waals surface area contributed by atoms with E-state index < -0.39 is 5.60 Å². The molecular weight excluding hydrogens is 230 g/mol. The van der Waals surface area contributed by atoms with Crippen LogP contribution in [0.4, 0.5) is 0 Å². The van der Waals surface area contributed by atoms with Crippen molar-refractivity contribution < 1.29 is 14.6 Å². The fraction of sp³-hybridized carbons (Fsp3) is 0.571. The van der Waals surface area contributed by atoms with Crippen molar-refractivity contribution in [3.8, 4) is 11.5 Å². The number of nitrogens with two attached hydrogens (primary N) is 1. The lowest BCUT2D eigenvalue weighted by atomic mass is 9.77. The smallest absolute Gasteiger partial charge is 0.125 e. The molecule has 0 spiro atoms. The van der Waals surface area contributed by atoms with Gasteiger partial charge < -0.3 is 20.3 Å². The normalized spacial score (nSPS) is 27.9. The van der Waals surface area contributed by atoms with Crippen LogP contribution in [-0.2, 0) is 5.60 Å². The van der Waals surface area contributed by atoms with Crippen LogP contribution in [0.5, 0.6) is 11.5 Å². The molecule has 100 valence electrons. The molecular formula is C14H21NO3. The molecule has 0 radical (unpaired) electrons. The van der Waals surface area contributed by atoms with Crippen molar-refractivity contribution in [1.82, 2.24) is 0 Å². The minimum atomic E-state index is -0.905. The number of rotatable bonds is 3. The molecule has 0 amide bonds. The van der Waals surface area contributed by atoms with E-state index in [-0.39, 0.29) is 6.04 Å². The third kappa shape index (κ3) is 2.44. The molecule has 1 aliphatic rings. The molecule has 4 heteroatoms. The average Bonchev–Trinajstić information content (AvgIpc) is 2.37. The van der Waals surface area contributed by atoms with Crippen molar-refractivity contribution in [1.29, 1.82) is 0 Å². The molecule has 0 heterocycles. The fourth-order valence-corrected chi connectivity index (χ4v) is 2.72. The van der Waals surface area contributed by atoms with E-state index in [1.165, 1.54) is 0 Å². The first kappa shape index (κ1) is 13.2. The molecule has 0 saturated heterocycles. The van der Waals surface area contributed by atoms with Crippen LogP contribution in [0.1, 0.15) is 31.2 Å². The van der Waals surface area contributed by atoms with Crippen LogP contribution in [0.15, 0.2) is 18.2 Å². The molecule has 0 bridgehead atoms. The van der Waals surface area contributed by atoms with Crippen molar-refractivity contribution in [2.24, 2.45) is 5.73 Å². The number of ether oxygens (including phenoxy) is 2. The van der Waals surface area contributed by atoms with Gasteiger partial charge in [0, 0.05) is 11.6 Å². The molecule has 1 aliphatic carbocycles. The first-order valence-corrected chi connectivity index (χ1v) is 6.29. The van der Waals surface area contributed by atoms with Crippen molar-refractivity contribution >= 4 is 0 Å². The van der Waals surface area contributed by atoms with Gasteiger partial charge in [0.1, 0.15) is 11.5 Å². The monoisotopic (exact) mass is 251 g/mol. The summed E-state index contributed by atoms with van der Waals surface area (Å²) >= 11 is 0. The third-order valence-corrected chi connectivity index (χ3v) is 3.67. The van der Waals surface area contributed by atoms with E-state index in [4.69, 9.17) is 15.2 Å². The molecule has 0 aliphatic heterocycles. The van der Waals surface area contributed by atoms with Gasteiger partial charge in [-0.15, -0.1) is 0 Å². The van der Waals surface area contributed by atoms with E-state index >= 15 is 0 Å². The highest BCUT2D eigenvalue weighted by Crippen LogP contribution is 2.42. The molecule has 2 unspecified atom stereocenters. The van der Waals surface area contributed by atoms with Crippen LogP contribution in [-0.4, -0.2) is 25.4 Å². The zero-order valence-electron chi connectivity index (χ0n) is 11.0. The summed E-state index contributed by atoms with van der Waals surface area (Å²) in [6, 6.07) is 5.54.